The van der Waals surface area contributed by atoms with Crippen molar-refractivity contribution in [1.29, 1.82) is 0 Å². The van der Waals surface area contributed by atoms with Crippen LogP contribution in [0.3, 0.4) is 0 Å². The van der Waals surface area contributed by atoms with Crippen LogP contribution < -0.4 is 11.1 Å². The molecule has 0 saturated heterocycles. The molecule has 2 heterocycles. The summed E-state index contributed by atoms with van der Waals surface area (Å²) in [5.41, 5.74) is 8.98. The highest BCUT2D eigenvalue weighted by Crippen LogP contribution is 2.34. The summed E-state index contributed by atoms with van der Waals surface area (Å²) in [7, 11) is 0. The fourth-order valence-electron chi connectivity index (χ4n) is 2.55. The SMILES string of the molecule is CC(C)(C)c1ccc(NC(=O)c2cccnc2)c(SCc2ccnc(N)n2)c1. The predicted octanol–water partition coefficient (Wildman–Crippen LogP) is 4.30. The number of benzene rings is 1. The fourth-order valence-corrected chi connectivity index (χ4v) is 3.50. The lowest BCUT2D eigenvalue weighted by molar-refractivity contribution is 0.102. The van der Waals surface area contributed by atoms with Gasteiger partial charge in [0.25, 0.3) is 5.91 Å². The minimum Gasteiger partial charge on any atom is -0.368 e. The Labute approximate surface area is 169 Å². The number of nitrogens with one attached hydrogen (secondary N) is 1. The fraction of sp³-hybridized carbons (Fsp3) is 0.238. The maximum absolute atomic E-state index is 12.6. The van der Waals surface area contributed by atoms with E-state index in [2.05, 4.69) is 47.1 Å². The Kier molecular flexibility index (Phi) is 5.94. The van der Waals surface area contributed by atoms with Crippen LogP contribution in [0.2, 0.25) is 0 Å². The second-order valence-electron chi connectivity index (χ2n) is 7.35. The van der Waals surface area contributed by atoms with Crippen molar-refractivity contribution in [2.75, 3.05) is 11.1 Å². The highest BCUT2D eigenvalue weighted by Gasteiger charge is 2.17. The number of nitrogens with two attached hydrogens (primary N) is 1. The summed E-state index contributed by atoms with van der Waals surface area (Å²) in [6, 6.07) is 11.4. The molecule has 1 amide bonds. The monoisotopic (exact) mass is 393 g/mol. The Morgan fingerprint density at radius 3 is 2.68 bits per heavy atom. The molecule has 144 valence electrons. The molecule has 0 aliphatic heterocycles. The van der Waals surface area contributed by atoms with E-state index in [1.165, 1.54) is 5.56 Å². The molecular weight excluding hydrogens is 370 g/mol. The first kappa shape index (κ1) is 19.8. The quantitative estimate of drug-likeness (QED) is 0.628. The van der Waals surface area contributed by atoms with Gasteiger partial charge in [-0.1, -0.05) is 26.8 Å². The molecule has 2 aromatic heterocycles. The zero-order valence-corrected chi connectivity index (χ0v) is 17.0. The normalized spacial score (nSPS) is 11.2. The Bertz CT molecular complexity index is 970. The molecular formula is C21H23N5OS. The molecule has 0 spiro atoms. The highest BCUT2D eigenvalue weighted by atomic mass is 32.2. The van der Waals surface area contributed by atoms with Crippen LogP contribution in [0.1, 0.15) is 42.4 Å². The van der Waals surface area contributed by atoms with Crippen LogP contribution in [0, 0.1) is 0 Å². The van der Waals surface area contributed by atoms with Crippen molar-refractivity contribution in [2.45, 2.75) is 36.8 Å². The van der Waals surface area contributed by atoms with E-state index >= 15 is 0 Å². The zero-order chi connectivity index (χ0) is 20.1. The van der Waals surface area contributed by atoms with Gasteiger partial charge in [-0.3, -0.25) is 9.78 Å². The van der Waals surface area contributed by atoms with Gasteiger partial charge in [0.1, 0.15) is 0 Å². The number of nitrogens with zero attached hydrogens (tertiary/aromatic N) is 3. The first-order chi connectivity index (χ1) is 13.3. The third kappa shape index (κ3) is 5.07. The lowest BCUT2D eigenvalue weighted by atomic mass is 9.87. The lowest BCUT2D eigenvalue weighted by Crippen LogP contribution is -2.15. The van der Waals surface area contributed by atoms with Crippen molar-refractivity contribution in [1.82, 2.24) is 15.0 Å². The average Bonchev–Trinajstić information content (AvgIpc) is 2.67. The third-order valence-corrected chi connectivity index (χ3v) is 5.22. The molecule has 0 fully saturated rings. The van der Waals surface area contributed by atoms with Crippen molar-refractivity contribution in [3.8, 4) is 0 Å². The summed E-state index contributed by atoms with van der Waals surface area (Å²) >= 11 is 1.60. The molecule has 0 radical (unpaired) electrons. The number of pyridine rings is 1. The van der Waals surface area contributed by atoms with Crippen LogP contribution in [0.5, 0.6) is 0 Å². The lowest BCUT2D eigenvalue weighted by Gasteiger charge is -2.21. The van der Waals surface area contributed by atoms with E-state index < -0.39 is 0 Å². The van der Waals surface area contributed by atoms with Crippen LogP contribution in [0.4, 0.5) is 11.6 Å². The van der Waals surface area contributed by atoms with Crippen molar-refractivity contribution in [2.24, 2.45) is 0 Å². The van der Waals surface area contributed by atoms with Crippen molar-refractivity contribution in [3.63, 3.8) is 0 Å². The van der Waals surface area contributed by atoms with E-state index in [4.69, 9.17) is 5.73 Å². The van der Waals surface area contributed by atoms with Gasteiger partial charge in [-0.2, -0.15) is 0 Å². The predicted molar refractivity (Wildman–Crippen MR) is 113 cm³/mol. The molecule has 0 atom stereocenters. The Morgan fingerprint density at radius 2 is 2.00 bits per heavy atom. The standard InChI is InChI=1S/C21H23N5OS/c1-21(2,3)15-6-7-17(26-19(27)14-5-4-9-23-12-14)18(11-15)28-13-16-8-10-24-20(22)25-16/h4-12H,13H2,1-3H3,(H,26,27)(H2,22,24,25). The van der Waals surface area contributed by atoms with Gasteiger partial charge in [0.2, 0.25) is 5.95 Å². The van der Waals surface area contributed by atoms with E-state index in [9.17, 15) is 4.79 Å². The maximum Gasteiger partial charge on any atom is 0.257 e. The topological polar surface area (TPSA) is 93.8 Å². The number of hydrogen-bond donors (Lipinski definition) is 2. The average molecular weight is 394 g/mol. The van der Waals surface area contributed by atoms with Gasteiger partial charge in [-0.25, -0.2) is 9.97 Å². The minimum atomic E-state index is -0.190. The molecule has 3 rings (SSSR count). The number of nitrogen functional groups attached to an aromatic ring is 1. The van der Waals surface area contributed by atoms with Crippen molar-refractivity contribution < 1.29 is 4.79 Å². The van der Waals surface area contributed by atoms with Crippen LogP contribution in [-0.2, 0) is 11.2 Å². The van der Waals surface area contributed by atoms with Crippen LogP contribution >= 0.6 is 11.8 Å². The minimum absolute atomic E-state index is 0.000540. The molecule has 0 aliphatic carbocycles. The van der Waals surface area contributed by atoms with Gasteiger partial charge in [-0.15, -0.1) is 11.8 Å². The van der Waals surface area contributed by atoms with Crippen molar-refractivity contribution >= 4 is 29.3 Å². The first-order valence-electron chi connectivity index (χ1n) is 8.89. The summed E-state index contributed by atoms with van der Waals surface area (Å²) in [4.78, 5) is 25.7. The zero-order valence-electron chi connectivity index (χ0n) is 16.1. The molecule has 7 heteroatoms. The van der Waals surface area contributed by atoms with Gasteiger partial charge in [-0.05, 0) is 41.3 Å². The Balaban J connectivity index is 1.87. The number of anilines is 2. The summed E-state index contributed by atoms with van der Waals surface area (Å²) in [6.07, 6.45) is 4.84. The number of thioether (sulfide) groups is 1. The van der Waals surface area contributed by atoms with E-state index in [1.54, 1.807) is 42.5 Å². The second kappa shape index (κ2) is 8.39. The molecule has 0 aliphatic rings. The molecule has 3 N–H and O–H groups in total. The molecule has 0 unspecified atom stereocenters. The number of amides is 1. The smallest absolute Gasteiger partial charge is 0.257 e. The maximum atomic E-state index is 12.6. The van der Waals surface area contributed by atoms with E-state index in [0.717, 1.165) is 16.3 Å². The van der Waals surface area contributed by atoms with E-state index in [0.29, 0.717) is 11.3 Å². The molecule has 3 aromatic rings. The molecule has 0 saturated carbocycles. The highest BCUT2D eigenvalue weighted by molar-refractivity contribution is 7.98. The Morgan fingerprint density at radius 1 is 1.18 bits per heavy atom. The van der Waals surface area contributed by atoms with Gasteiger partial charge in [0.15, 0.2) is 0 Å². The number of carbonyl (C=O) groups is 1. The Hall–Kier alpha value is -2.93. The molecule has 0 bridgehead atoms. The van der Waals surface area contributed by atoms with Gasteiger partial charge < -0.3 is 11.1 Å². The summed E-state index contributed by atoms with van der Waals surface area (Å²) in [6.45, 7) is 6.49. The number of aromatic nitrogens is 3. The summed E-state index contributed by atoms with van der Waals surface area (Å²) < 4.78 is 0. The van der Waals surface area contributed by atoms with Crippen LogP contribution in [0.25, 0.3) is 0 Å². The summed E-state index contributed by atoms with van der Waals surface area (Å²) in [5, 5.41) is 3.00. The number of rotatable bonds is 5. The van der Waals surface area contributed by atoms with Gasteiger partial charge in [0.05, 0.1) is 16.9 Å². The first-order valence-corrected chi connectivity index (χ1v) is 9.87. The number of hydrogen-bond acceptors (Lipinski definition) is 6. The molecule has 1 aromatic carbocycles. The van der Waals surface area contributed by atoms with Crippen molar-refractivity contribution in [3.05, 3.63) is 71.8 Å². The van der Waals surface area contributed by atoms with Gasteiger partial charge >= 0.3 is 0 Å². The number of carbonyl (C=O) groups excluding carboxylic acids is 1. The van der Waals surface area contributed by atoms with Crippen LogP contribution in [-0.4, -0.2) is 20.9 Å². The van der Waals surface area contributed by atoms with Gasteiger partial charge in [0, 0.05) is 29.2 Å². The second-order valence-corrected chi connectivity index (χ2v) is 8.37. The largest absolute Gasteiger partial charge is 0.368 e. The van der Waals surface area contributed by atoms with Crippen LogP contribution in [0.15, 0.2) is 59.9 Å². The van der Waals surface area contributed by atoms with E-state index in [-0.39, 0.29) is 17.3 Å². The van der Waals surface area contributed by atoms with E-state index in [1.807, 2.05) is 18.2 Å². The third-order valence-electron chi connectivity index (χ3n) is 4.13. The molecule has 6 nitrogen and oxygen atoms in total. The molecule has 28 heavy (non-hydrogen) atoms. The summed E-state index contributed by atoms with van der Waals surface area (Å²) in [5.74, 6) is 0.687.